The van der Waals surface area contributed by atoms with Crippen molar-refractivity contribution in [2.75, 3.05) is 7.11 Å². The van der Waals surface area contributed by atoms with E-state index in [1.807, 2.05) is 0 Å². The topological polar surface area (TPSA) is 9.23 Å². The predicted octanol–water partition coefficient (Wildman–Crippen LogP) is 3.55. The van der Waals surface area contributed by atoms with E-state index >= 15 is 0 Å². The number of benzene rings is 1. The monoisotopic (exact) mass is 214 g/mol. The Morgan fingerprint density at radius 1 is 1.19 bits per heavy atom. The smallest absolute Gasteiger partial charge is 0.118 e. The summed E-state index contributed by atoms with van der Waals surface area (Å²) in [5, 5.41) is 0. The molecule has 0 heterocycles. The molecule has 2 aliphatic rings. The number of allylic oxidation sites excluding steroid dienone is 2. The van der Waals surface area contributed by atoms with E-state index in [9.17, 15) is 0 Å². The number of fused-ring (bicyclic) bond motifs is 2. The van der Waals surface area contributed by atoms with Crippen molar-refractivity contribution in [2.24, 2.45) is 11.8 Å². The van der Waals surface area contributed by atoms with Crippen LogP contribution in [0, 0.1) is 11.8 Å². The third kappa shape index (κ3) is 1.31. The molecule has 3 atom stereocenters. The molecule has 0 saturated heterocycles. The van der Waals surface area contributed by atoms with Gasteiger partial charge < -0.3 is 4.74 Å². The Hall–Kier alpha value is -1.24. The van der Waals surface area contributed by atoms with Gasteiger partial charge in [0.05, 0.1) is 7.11 Å². The molecule has 1 aromatic carbocycles. The lowest BCUT2D eigenvalue weighted by Gasteiger charge is -2.32. The van der Waals surface area contributed by atoms with Gasteiger partial charge >= 0.3 is 0 Å². The lowest BCUT2D eigenvalue weighted by molar-refractivity contribution is 0.392. The van der Waals surface area contributed by atoms with Gasteiger partial charge in [0.15, 0.2) is 0 Å². The van der Waals surface area contributed by atoms with Crippen LogP contribution in [0.2, 0.25) is 0 Å². The Kier molecular flexibility index (Phi) is 2.10. The molecular weight excluding hydrogens is 196 g/mol. The highest BCUT2D eigenvalue weighted by atomic mass is 16.5. The average molecular weight is 214 g/mol. The molecule has 84 valence electrons. The van der Waals surface area contributed by atoms with E-state index in [0.717, 1.165) is 17.6 Å². The predicted molar refractivity (Wildman–Crippen MR) is 65.7 cm³/mol. The van der Waals surface area contributed by atoms with Gasteiger partial charge in [-0.25, -0.2) is 0 Å². The van der Waals surface area contributed by atoms with Crippen molar-refractivity contribution in [2.45, 2.75) is 25.2 Å². The molecule has 3 rings (SSSR count). The van der Waals surface area contributed by atoms with E-state index in [2.05, 4.69) is 43.3 Å². The standard InChI is InChI=1S/C15H18O/c1-15(10-11-3-4-13(15)9-11)12-5-7-14(16-2)8-6-12/h3-8,11,13H,9-10H2,1-2H3. The van der Waals surface area contributed by atoms with E-state index in [0.29, 0.717) is 5.41 Å². The first-order valence-corrected chi connectivity index (χ1v) is 6.05. The molecule has 0 N–H and O–H groups in total. The highest BCUT2D eigenvalue weighted by molar-refractivity contribution is 5.36. The molecule has 2 aliphatic carbocycles. The fourth-order valence-electron chi connectivity index (χ4n) is 3.40. The highest BCUT2D eigenvalue weighted by Gasteiger charge is 2.45. The minimum Gasteiger partial charge on any atom is -0.497 e. The molecule has 0 radical (unpaired) electrons. The third-order valence-corrected chi connectivity index (χ3v) is 4.43. The van der Waals surface area contributed by atoms with Crippen molar-refractivity contribution in [3.63, 3.8) is 0 Å². The van der Waals surface area contributed by atoms with Crippen molar-refractivity contribution < 1.29 is 4.74 Å². The fourth-order valence-corrected chi connectivity index (χ4v) is 3.40. The van der Waals surface area contributed by atoms with Crippen LogP contribution in [0.4, 0.5) is 0 Å². The van der Waals surface area contributed by atoms with Crippen LogP contribution in [-0.2, 0) is 5.41 Å². The van der Waals surface area contributed by atoms with Crippen molar-refractivity contribution in [1.82, 2.24) is 0 Å². The Morgan fingerprint density at radius 2 is 1.94 bits per heavy atom. The number of ether oxygens (including phenoxy) is 1. The molecule has 0 spiro atoms. The normalized spacial score (nSPS) is 35.6. The summed E-state index contributed by atoms with van der Waals surface area (Å²) in [6, 6.07) is 8.62. The zero-order chi connectivity index (χ0) is 11.2. The van der Waals surface area contributed by atoms with Gasteiger partial charge in [-0.15, -0.1) is 0 Å². The number of hydrogen-bond acceptors (Lipinski definition) is 1. The fraction of sp³-hybridized carbons (Fsp3) is 0.467. The van der Waals surface area contributed by atoms with E-state index < -0.39 is 0 Å². The Balaban J connectivity index is 1.94. The van der Waals surface area contributed by atoms with Crippen LogP contribution in [0.1, 0.15) is 25.3 Å². The largest absolute Gasteiger partial charge is 0.497 e. The van der Waals surface area contributed by atoms with Crippen LogP contribution in [-0.4, -0.2) is 7.11 Å². The van der Waals surface area contributed by atoms with Gasteiger partial charge in [-0.05, 0) is 47.8 Å². The van der Waals surface area contributed by atoms with Crippen LogP contribution in [0.15, 0.2) is 36.4 Å². The summed E-state index contributed by atoms with van der Waals surface area (Å²) in [7, 11) is 1.72. The number of methoxy groups -OCH3 is 1. The summed E-state index contributed by atoms with van der Waals surface area (Å²) < 4.78 is 5.21. The van der Waals surface area contributed by atoms with Crippen LogP contribution >= 0.6 is 0 Å². The summed E-state index contributed by atoms with van der Waals surface area (Å²) in [5.74, 6) is 2.51. The second-order valence-electron chi connectivity index (χ2n) is 5.34. The van der Waals surface area contributed by atoms with Gasteiger partial charge in [-0.2, -0.15) is 0 Å². The molecule has 1 aromatic rings. The summed E-state index contributed by atoms with van der Waals surface area (Å²) in [4.78, 5) is 0. The van der Waals surface area contributed by atoms with Gasteiger partial charge in [0.25, 0.3) is 0 Å². The first kappa shape index (κ1) is 9.95. The average Bonchev–Trinajstić information content (AvgIpc) is 2.89. The maximum atomic E-state index is 5.21. The first-order chi connectivity index (χ1) is 7.72. The zero-order valence-corrected chi connectivity index (χ0v) is 9.94. The molecule has 0 amide bonds. The van der Waals surface area contributed by atoms with Crippen LogP contribution in [0.25, 0.3) is 0 Å². The SMILES string of the molecule is COc1ccc(C2(C)CC3C=CC2C3)cc1. The van der Waals surface area contributed by atoms with Gasteiger partial charge in [-0.1, -0.05) is 31.2 Å². The van der Waals surface area contributed by atoms with Gasteiger partial charge in [0.2, 0.25) is 0 Å². The minimum atomic E-state index is 0.353. The number of hydrogen-bond donors (Lipinski definition) is 0. The Labute approximate surface area is 97.1 Å². The molecule has 0 aliphatic heterocycles. The van der Waals surface area contributed by atoms with Gasteiger partial charge in [-0.3, -0.25) is 0 Å². The molecule has 3 unspecified atom stereocenters. The molecule has 1 heteroatoms. The quantitative estimate of drug-likeness (QED) is 0.684. The molecule has 1 nitrogen and oxygen atoms in total. The molecule has 16 heavy (non-hydrogen) atoms. The van der Waals surface area contributed by atoms with Crippen molar-refractivity contribution in [1.29, 1.82) is 0 Å². The number of rotatable bonds is 2. The maximum absolute atomic E-state index is 5.21. The highest BCUT2D eigenvalue weighted by Crippen LogP contribution is 2.53. The summed E-state index contributed by atoms with van der Waals surface area (Å²) in [5.41, 5.74) is 1.82. The molecule has 0 aromatic heterocycles. The van der Waals surface area contributed by atoms with E-state index in [1.54, 1.807) is 7.11 Å². The molecule has 1 saturated carbocycles. The Morgan fingerprint density at radius 3 is 2.44 bits per heavy atom. The van der Waals surface area contributed by atoms with Crippen molar-refractivity contribution in [3.8, 4) is 5.75 Å². The van der Waals surface area contributed by atoms with Crippen LogP contribution < -0.4 is 4.74 Å². The third-order valence-electron chi connectivity index (χ3n) is 4.43. The lowest BCUT2D eigenvalue weighted by Crippen LogP contribution is -2.26. The van der Waals surface area contributed by atoms with Crippen molar-refractivity contribution >= 4 is 0 Å². The molecular formula is C15H18O. The summed E-state index contributed by atoms with van der Waals surface area (Å²) in [6.07, 6.45) is 7.47. The zero-order valence-electron chi connectivity index (χ0n) is 9.94. The van der Waals surface area contributed by atoms with Crippen molar-refractivity contribution in [3.05, 3.63) is 42.0 Å². The summed E-state index contributed by atoms with van der Waals surface area (Å²) >= 11 is 0. The lowest BCUT2D eigenvalue weighted by atomic mass is 9.72. The first-order valence-electron chi connectivity index (χ1n) is 6.05. The molecule has 1 fully saturated rings. The van der Waals surface area contributed by atoms with E-state index in [4.69, 9.17) is 4.74 Å². The van der Waals surface area contributed by atoms with Gasteiger partial charge in [0, 0.05) is 0 Å². The second kappa shape index (κ2) is 3.38. The van der Waals surface area contributed by atoms with E-state index in [-0.39, 0.29) is 0 Å². The van der Waals surface area contributed by atoms with Gasteiger partial charge in [0.1, 0.15) is 5.75 Å². The minimum absolute atomic E-state index is 0.353. The molecule has 2 bridgehead atoms. The van der Waals surface area contributed by atoms with Crippen LogP contribution in [0.3, 0.4) is 0 Å². The second-order valence-corrected chi connectivity index (χ2v) is 5.34. The Bertz CT molecular complexity index is 418. The van der Waals surface area contributed by atoms with E-state index in [1.165, 1.54) is 18.4 Å². The maximum Gasteiger partial charge on any atom is 0.118 e. The summed E-state index contributed by atoms with van der Waals surface area (Å²) in [6.45, 7) is 2.41. The van der Waals surface area contributed by atoms with Crippen LogP contribution in [0.5, 0.6) is 5.75 Å².